The van der Waals surface area contributed by atoms with Crippen molar-refractivity contribution in [3.8, 4) is 0 Å². The van der Waals surface area contributed by atoms with E-state index in [1.807, 2.05) is 11.8 Å². The van der Waals surface area contributed by atoms with Crippen LogP contribution in [0, 0.1) is 5.41 Å². The number of hydrogen-bond acceptors (Lipinski definition) is 7. The minimum absolute atomic E-state index is 0.289. The lowest BCUT2D eigenvalue weighted by Gasteiger charge is -2.22. The summed E-state index contributed by atoms with van der Waals surface area (Å²) < 4.78 is 5.04. The summed E-state index contributed by atoms with van der Waals surface area (Å²) in [5.41, 5.74) is 7.44. The van der Waals surface area contributed by atoms with Crippen molar-refractivity contribution in [3.63, 3.8) is 0 Å². The molecule has 1 unspecified atom stereocenters. The molecule has 1 aliphatic heterocycles. The van der Waals surface area contributed by atoms with Crippen LogP contribution in [-0.2, 0) is 16.1 Å². The normalized spacial score (nSPS) is 22.1. The number of primary amides is 1. The number of hydrazine groups is 1. The molecule has 8 heteroatoms. The standard InChI is InChI=1S/C12H20N6O2/c1-12(11(13)19)3-4-18(7-12)10-5-8(17-14)15-9(16-10)6-20-2/h5H,3-4,6-7,14H2,1-2H3,(H2,13,19)(H,15,16,17). The SMILES string of the molecule is COCc1nc(NN)cc(N2CCC(C)(C(N)=O)C2)n1. The highest BCUT2D eigenvalue weighted by Gasteiger charge is 2.39. The maximum Gasteiger partial charge on any atom is 0.225 e. The maximum atomic E-state index is 11.5. The zero-order valence-corrected chi connectivity index (χ0v) is 11.7. The van der Waals surface area contributed by atoms with Crippen LogP contribution >= 0.6 is 0 Å². The van der Waals surface area contributed by atoms with Gasteiger partial charge >= 0.3 is 0 Å². The number of nitrogen functional groups attached to an aromatic ring is 1. The predicted molar refractivity (Wildman–Crippen MR) is 74.7 cm³/mol. The van der Waals surface area contributed by atoms with Crippen LogP contribution in [0.4, 0.5) is 11.6 Å². The Labute approximate surface area is 117 Å². The molecule has 2 rings (SSSR count). The molecule has 110 valence electrons. The molecule has 1 atom stereocenters. The number of amides is 1. The Kier molecular flexibility index (Phi) is 4.05. The van der Waals surface area contributed by atoms with Gasteiger partial charge in [0.05, 0.1) is 5.41 Å². The summed E-state index contributed by atoms with van der Waals surface area (Å²) in [5.74, 6) is 6.88. The second-order valence-corrected chi connectivity index (χ2v) is 5.20. The van der Waals surface area contributed by atoms with Crippen LogP contribution in [0.15, 0.2) is 6.07 Å². The third-order valence-electron chi connectivity index (χ3n) is 3.57. The number of carbonyl (C=O) groups excluding carboxylic acids is 1. The second kappa shape index (κ2) is 5.59. The fraction of sp³-hybridized carbons (Fsp3) is 0.583. The van der Waals surface area contributed by atoms with Crippen molar-refractivity contribution in [2.24, 2.45) is 17.0 Å². The van der Waals surface area contributed by atoms with E-state index in [0.29, 0.717) is 43.6 Å². The molecule has 0 saturated carbocycles. The fourth-order valence-corrected chi connectivity index (χ4v) is 2.27. The first kappa shape index (κ1) is 14.5. The molecule has 1 aromatic rings. The predicted octanol–water partition coefficient (Wildman–Crippen LogP) is -0.390. The van der Waals surface area contributed by atoms with Crippen molar-refractivity contribution in [2.75, 3.05) is 30.5 Å². The number of rotatable bonds is 5. The summed E-state index contributed by atoms with van der Waals surface area (Å²) >= 11 is 0. The molecule has 8 nitrogen and oxygen atoms in total. The van der Waals surface area contributed by atoms with Crippen molar-refractivity contribution >= 4 is 17.5 Å². The van der Waals surface area contributed by atoms with Crippen LogP contribution in [0.5, 0.6) is 0 Å². The Hall–Kier alpha value is -1.93. The Morgan fingerprint density at radius 2 is 2.35 bits per heavy atom. The first-order valence-corrected chi connectivity index (χ1v) is 6.37. The molecule has 1 amide bonds. The quantitative estimate of drug-likeness (QED) is 0.496. The van der Waals surface area contributed by atoms with Crippen molar-refractivity contribution in [3.05, 3.63) is 11.9 Å². The van der Waals surface area contributed by atoms with E-state index in [1.54, 1.807) is 13.2 Å². The van der Waals surface area contributed by atoms with Gasteiger partial charge in [0.1, 0.15) is 18.2 Å². The van der Waals surface area contributed by atoms with Crippen molar-refractivity contribution in [1.29, 1.82) is 0 Å². The lowest BCUT2D eigenvalue weighted by Crippen LogP contribution is -2.37. The van der Waals surface area contributed by atoms with Crippen LogP contribution in [0.2, 0.25) is 0 Å². The Bertz CT molecular complexity index is 509. The number of anilines is 2. The molecule has 0 radical (unpaired) electrons. The highest BCUT2D eigenvalue weighted by molar-refractivity contribution is 5.82. The first-order chi connectivity index (χ1) is 9.48. The highest BCUT2D eigenvalue weighted by atomic mass is 16.5. The van der Waals surface area contributed by atoms with Crippen LogP contribution in [0.1, 0.15) is 19.2 Å². The summed E-state index contributed by atoms with van der Waals surface area (Å²) in [5, 5.41) is 0. The molecule has 5 N–H and O–H groups in total. The third-order valence-corrected chi connectivity index (χ3v) is 3.57. The fourth-order valence-electron chi connectivity index (χ4n) is 2.27. The van der Waals surface area contributed by atoms with Gasteiger partial charge in [-0.3, -0.25) is 4.79 Å². The van der Waals surface area contributed by atoms with Crippen molar-refractivity contribution in [2.45, 2.75) is 20.0 Å². The second-order valence-electron chi connectivity index (χ2n) is 5.20. The minimum Gasteiger partial charge on any atom is -0.377 e. The van der Waals surface area contributed by atoms with Crippen molar-refractivity contribution in [1.82, 2.24) is 9.97 Å². The van der Waals surface area contributed by atoms with E-state index in [1.165, 1.54) is 0 Å². The topological polar surface area (TPSA) is 119 Å². The zero-order chi connectivity index (χ0) is 14.8. The van der Waals surface area contributed by atoms with Gasteiger partial charge in [0.2, 0.25) is 5.91 Å². The maximum absolute atomic E-state index is 11.5. The molecule has 0 aromatic carbocycles. The van der Waals surface area contributed by atoms with Crippen LogP contribution in [-0.4, -0.2) is 36.1 Å². The summed E-state index contributed by atoms with van der Waals surface area (Å²) in [6.45, 7) is 3.42. The molecule has 2 heterocycles. The van der Waals surface area contributed by atoms with E-state index >= 15 is 0 Å². The van der Waals surface area contributed by atoms with Crippen molar-refractivity contribution < 1.29 is 9.53 Å². The van der Waals surface area contributed by atoms with E-state index in [0.717, 1.165) is 0 Å². The van der Waals surface area contributed by atoms with Crippen LogP contribution in [0.3, 0.4) is 0 Å². The van der Waals surface area contributed by atoms with E-state index in [9.17, 15) is 4.79 Å². The van der Waals surface area contributed by atoms with Gasteiger partial charge in [-0.2, -0.15) is 0 Å². The Morgan fingerprint density at radius 3 is 2.90 bits per heavy atom. The molecule has 1 saturated heterocycles. The average Bonchev–Trinajstić information content (AvgIpc) is 2.83. The number of nitrogens with zero attached hydrogens (tertiary/aromatic N) is 3. The lowest BCUT2D eigenvalue weighted by atomic mass is 9.89. The molecule has 1 fully saturated rings. The van der Waals surface area contributed by atoms with Gasteiger partial charge in [-0.15, -0.1) is 0 Å². The number of nitrogens with two attached hydrogens (primary N) is 2. The van der Waals surface area contributed by atoms with Crippen LogP contribution in [0.25, 0.3) is 0 Å². The van der Waals surface area contributed by atoms with Gasteiger partial charge < -0.3 is 20.8 Å². The number of methoxy groups -OCH3 is 1. The van der Waals surface area contributed by atoms with Gasteiger partial charge in [0, 0.05) is 26.3 Å². The van der Waals surface area contributed by atoms with Gasteiger partial charge in [-0.05, 0) is 13.3 Å². The molecular weight excluding hydrogens is 260 g/mol. The third kappa shape index (κ3) is 2.81. The number of hydrogen-bond donors (Lipinski definition) is 3. The first-order valence-electron chi connectivity index (χ1n) is 6.37. The molecule has 20 heavy (non-hydrogen) atoms. The van der Waals surface area contributed by atoms with Gasteiger partial charge in [0.15, 0.2) is 5.82 Å². The zero-order valence-electron chi connectivity index (χ0n) is 11.7. The largest absolute Gasteiger partial charge is 0.377 e. The summed E-state index contributed by atoms with van der Waals surface area (Å²) in [4.78, 5) is 22.1. The number of aromatic nitrogens is 2. The molecule has 0 aliphatic carbocycles. The Morgan fingerprint density at radius 1 is 1.60 bits per heavy atom. The molecular formula is C12H20N6O2. The van der Waals surface area contributed by atoms with E-state index in [-0.39, 0.29) is 5.91 Å². The lowest BCUT2D eigenvalue weighted by molar-refractivity contribution is -0.125. The average molecular weight is 280 g/mol. The van der Waals surface area contributed by atoms with E-state index in [2.05, 4.69) is 15.4 Å². The van der Waals surface area contributed by atoms with Crippen LogP contribution < -0.4 is 21.9 Å². The summed E-state index contributed by atoms with van der Waals surface area (Å²) in [6.07, 6.45) is 0.706. The molecule has 0 spiro atoms. The highest BCUT2D eigenvalue weighted by Crippen LogP contribution is 2.32. The number of nitrogens with one attached hydrogen (secondary N) is 1. The minimum atomic E-state index is -0.525. The smallest absolute Gasteiger partial charge is 0.225 e. The van der Waals surface area contributed by atoms with Gasteiger partial charge in [0.25, 0.3) is 0 Å². The molecule has 0 bridgehead atoms. The monoisotopic (exact) mass is 280 g/mol. The summed E-state index contributed by atoms with van der Waals surface area (Å²) in [6, 6.07) is 1.74. The summed E-state index contributed by atoms with van der Waals surface area (Å²) in [7, 11) is 1.57. The molecule has 1 aromatic heterocycles. The van der Waals surface area contributed by atoms with E-state index < -0.39 is 5.41 Å². The van der Waals surface area contributed by atoms with Gasteiger partial charge in [-0.25, -0.2) is 15.8 Å². The molecule has 1 aliphatic rings. The number of carbonyl (C=O) groups is 1. The number of ether oxygens (including phenoxy) is 1. The Balaban J connectivity index is 2.25. The van der Waals surface area contributed by atoms with Gasteiger partial charge in [-0.1, -0.05) is 0 Å². The van der Waals surface area contributed by atoms with E-state index in [4.69, 9.17) is 16.3 Å².